The van der Waals surface area contributed by atoms with Crippen LogP contribution in [-0.4, -0.2) is 35.7 Å². The predicted molar refractivity (Wildman–Crippen MR) is 71.8 cm³/mol. The zero-order valence-electron chi connectivity index (χ0n) is 10.1. The van der Waals surface area contributed by atoms with Crippen LogP contribution in [0.25, 0.3) is 0 Å². The largest absolute Gasteiger partial charge is 0.504 e. The molecule has 0 heterocycles. The van der Waals surface area contributed by atoms with Gasteiger partial charge in [0, 0.05) is 0 Å². The zero-order chi connectivity index (χ0) is 14.6. The molecule has 1 aromatic rings. The molecule has 0 aliphatic heterocycles. The summed E-state index contributed by atoms with van der Waals surface area (Å²) in [6.07, 6.45) is 0. The molecule has 0 aliphatic carbocycles. The Morgan fingerprint density at radius 1 is 1.26 bits per heavy atom. The summed E-state index contributed by atoms with van der Waals surface area (Å²) >= 11 is 16.5. The molecular weight excluding hydrogens is 318 g/mol. The summed E-state index contributed by atoms with van der Waals surface area (Å²) in [6.45, 7) is -0.446. The van der Waals surface area contributed by atoms with Crippen molar-refractivity contribution < 1.29 is 24.1 Å². The van der Waals surface area contributed by atoms with Crippen LogP contribution in [0.2, 0.25) is 0 Å². The molecule has 0 spiro atoms. The van der Waals surface area contributed by atoms with Gasteiger partial charge in [-0.1, -0.05) is 34.8 Å². The Kier molecular flexibility index (Phi) is 5.40. The van der Waals surface area contributed by atoms with Crippen molar-refractivity contribution in [2.24, 2.45) is 0 Å². The third-order valence-corrected chi connectivity index (χ3v) is 2.42. The van der Waals surface area contributed by atoms with Gasteiger partial charge in [0.2, 0.25) is 3.79 Å². The fraction of sp³-hybridized carbons (Fsp3) is 0.364. The molecule has 0 bridgehead atoms. The van der Waals surface area contributed by atoms with Crippen LogP contribution in [0.4, 0.5) is 0 Å². The summed E-state index contributed by atoms with van der Waals surface area (Å²) in [4.78, 5) is 11.9. The molecule has 106 valence electrons. The molecule has 0 aliphatic rings. The number of aromatic hydroxyl groups is 1. The summed E-state index contributed by atoms with van der Waals surface area (Å²) in [5.41, 5.74) is -0.0840. The van der Waals surface area contributed by atoms with Gasteiger partial charge in [-0.05, 0) is 12.1 Å². The lowest BCUT2D eigenvalue weighted by Gasteiger charge is -2.15. The van der Waals surface area contributed by atoms with Gasteiger partial charge in [-0.3, -0.25) is 0 Å². The first-order valence-electron chi connectivity index (χ1n) is 4.98. The molecule has 0 saturated carbocycles. The number of methoxy groups -OCH3 is 2. The van der Waals surface area contributed by atoms with Crippen LogP contribution >= 0.6 is 34.8 Å². The molecule has 1 rings (SSSR count). The van der Waals surface area contributed by atoms with Crippen molar-refractivity contribution in [3.05, 3.63) is 17.7 Å². The van der Waals surface area contributed by atoms with E-state index in [1.807, 2.05) is 0 Å². The van der Waals surface area contributed by atoms with Crippen molar-refractivity contribution in [1.29, 1.82) is 0 Å². The lowest BCUT2D eigenvalue weighted by molar-refractivity contribution is 0.0504. The average Bonchev–Trinajstić information content (AvgIpc) is 2.34. The van der Waals surface area contributed by atoms with Crippen molar-refractivity contribution in [1.82, 2.24) is 0 Å². The molecule has 0 atom stereocenters. The quantitative estimate of drug-likeness (QED) is 0.679. The summed E-state index contributed by atoms with van der Waals surface area (Å²) in [6, 6.07) is 2.72. The Bertz CT molecular complexity index is 470. The Morgan fingerprint density at radius 2 is 1.89 bits per heavy atom. The topological polar surface area (TPSA) is 65.0 Å². The molecule has 19 heavy (non-hydrogen) atoms. The van der Waals surface area contributed by atoms with Crippen LogP contribution in [-0.2, 0) is 4.74 Å². The van der Waals surface area contributed by atoms with Gasteiger partial charge < -0.3 is 19.3 Å². The maximum Gasteiger partial charge on any atom is 0.346 e. The maximum absolute atomic E-state index is 11.9. The van der Waals surface area contributed by atoms with Gasteiger partial charge in [0.05, 0.1) is 14.2 Å². The number of phenols is 1. The summed E-state index contributed by atoms with van der Waals surface area (Å²) in [5.74, 6) is -0.974. The molecule has 5 nitrogen and oxygen atoms in total. The Labute approximate surface area is 124 Å². The number of rotatable bonds is 4. The minimum atomic E-state index is -1.73. The molecule has 0 amide bonds. The standard InChI is InChI=1S/C11H11Cl3O5/c1-17-7-4-3-6(15)9(18-2)8(7)10(16)19-5-11(12,13)14/h3-4,15H,5H2,1-2H3. The SMILES string of the molecule is COc1ccc(O)c(OC)c1C(=O)OCC(Cl)(Cl)Cl. The van der Waals surface area contributed by atoms with Crippen LogP contribution in [0, 0.1) is 0 Å². The van der Waals surface area contributed by atoms with E-state index >= 15 is 0 Å². The molecule has 0 fully saturated rings. The second kappa shape index (κ2) is 6.41. The second-order valence-corrected chi connectivity index (χ2v) is 5.90. The van der Waals surface area contributed by atoms with Crippen molar-refractivity contribution in [2.75, 3.05) is 20.8 Å². The van der Waals surface area contributed by atoms with Gasteiger partial charge in [0.25, 0.3) is 0 Å². The average molecular weight is 330 g/mol. The summed E-state index contributed by atoms with van der Waals surface area (Å²) < 4.78 is 13.0. The van der Waals surface area contributed by atoms with Gasteiger partial charge in [0.15, 0.2) is 11.5 Å². The summed E-state index contributed by atoms with van der Waals surface area (Å²) in [7, 11) is 2.65. The van der Waals surface area contributed by atoms with Crippen molar-refractivity contribution in [3.8, 4) is 17.2 Å². The molecular formula is C11H11Cl3O5. The van der Waals surface area contributed by atoms with Crippen LogP contribution in [0.15, 0.2) is 12.1 Å². The van der Waals surface area contributed by atoms with Gasteiger partial charge in [-0.15, -0.1) is 0 Å². The Hall–Kier alpha value is -1.04. The highest BCUT2D eigenvalue weighted by Crippen LogP contribution is 2.37. The minimum Gasteiger partial charge on any atom is -0.504 e. The van der Waals surface area contributed by atoms with E-state index < -0.39 is 16.4 Å². The molecule has 0 aromatic heterocycles. The number of phenolic OH excluding ortho intramolecular Hbond substituents is 1. The fourth-order valence-electron chi connectivity index (χ4n) is 1.34. The fourth-order valence-corrected chi connectivity index (χ4v) is 1.51. The van der Waals surface area contributed by atoms with Crippen molar-refractivity contribution >= 4 is 40.8 Å². The highest BCUT2D eigenvalue weighted by Gasteiger charge is 2.27. The van der Waals surface area contributed by atoms with Gasteiger partial charge in [0.1, 0.15) is 17.9 Å². The van der Waals surface area contributed by atoms with E-state index in [0.29, 0.717) is 0 Å². The first-order chi connectivity index (χ1) is 8.80. The van der Waals surface area contributed by atoms with E-state index in [1.54, 1.807) is 0 Å². The number of benzene rings is 1. The number of hydrogen-bond acceptors (Lipinski definition) is 5. The number of carbonyl (C=O) groups is 1. The van der Waals surface area contributed by atoms with E-state index in [1.165, 1.54) is 26.4 Å². The molecule has 1 aromatic carbocycles. The number of carbonyl (C=O) groups excluding carboxylic acids is 1. The van der Waals surface area contributed by atoms with Gasteiger partial charge in [-0.2, -0.15) is 0 Å². The third-order valence-electron chi connectivity index (χ3n) is 2.09. The van der Waals surface area contributed by atoms with Crippen molar-refractivity contribution in [3.63, 3.8) is 0 Å². The van der Waals surface area contributed by atoms with Crippen LogP contribution in [0.3, 0.4) is 0 Å². The zero-order valence-corrected chi connectivity index (χ0v) is 12.3. The number of alkyl halides is 3. The van der Waals surface area contributed by atoms with Gasteiger partial charge in [-0.25, -0.2) is 4.79 Å². The maximum atomic E-state index is 11.9. The third kappa shape index (κ3) is 4.23. The Morgan fingerprint density at radius 3 is 2.37 bits per heavy atom. The smallest absolute Gasteiger partial charge is 0.346 e. The minimum absolute atomic E-state index is 0.0753. The normalized spacial score (nSPS) is 11.0. The Balaban J connectivity index is 3.10. The van der Waals surface area contributed by atoms with E-state index in [4.69, 9.17) is 49.0 Å². The highest BCUT2D eigenvalue weighted by atomic mass is 35.6. The van der Waals surface area contributed by atoms with E-state index in [0.717, 1.165) is 0 Å². The molecule has 0 unspecified atom stereocenters. The number of hydrogen-bond donors (Lipinski definition) is 1. The lowest BCUT2D eigenvalue weighted by atomic mass is 10.1. The molecule has 8 heteroatoms. The monoisotopic (exact) mass is 328 g/mol. The van der Waals surface area contributed by atoms with Crippen LogP contribution in [0.5, 0.6) is 17.2 Å². The van der Waals surface area contributed by atoms with Crippen LogP contribution in [0.1, 0.15) is 10.4 Å². The van der Waals surface area contributed by atoms with Crippen molar-refractivity contribution in [2.45, 2.75) is 3.79 Å². The second-order valence-electron chi connectivity index (χ2n) is 3.39. The van der Waals surface area contributed by atoms with Crippen LogP contribution < -0.4 is 9.47 Å². The number of esters is 1. The van der Waals surface area contributed by atoms with E-state index in [9.17, 15) is 9.90 Å². The first kappa shape index (κ1) is 16.0. The highest BCUT2D eigenvalue weighted by molar-refractivity contribution is 6.67. The number of ether oxygens (including phenoxy) is 3. The van der Waals surface area contributed by atoms with E-state index in [-0.39, 0.29) is 22.8 Å². The summed E-state index contributed by atoms with van der Waals surface area (Å²) in [5, 5.41) is 9.62. The lowest BCUT2D eigenvalue weighted by Crippen LogP contribution is -2.18. The van der Waals surface area contributed by atoms with Gasteiger partial charge >= 0.3 is 5.97 Å². The molecule has 1 N–H and O–H groups in total. The first-order valence-corrected chi connectivity index (χ1v) is 6.11. The number of halogens is 3. The molecule has 0 saturated heterocycles. The predicted octanol–water partition coefficient (Wildman–Crippen LogP) is 2.94. The van der Waals surface area contributed by atoms with E-state index in [2.05, 4.69) is 0 Å². The molecule has 0 radical (unpaired) electrons.